The number of rotatable bonds is 8. The van der Waals surface area contributed by atoms with Crippen molar-refractivity contribution in [1.82, 2.24) is 19.2 Å². The quantitative estimate of drug-likeness (QED) is 0.509. The Bertz CT molecular complexity index is 1050. The maximum Gasteiger partial charge on any atom is 0.228 e. The van der Waals surface area contributed by atoms with Crippen molar-refractivity contribution in [2.75, 3.05) is 32.7 Å². The molecule has 170 valence electrons. The molecule has 1 aromatic carbocycles. The number of aromatic nitrogens is 2. The first-order valence-corrected chi connectivity index (χ1v) is 12.1. The summed E-state index contributed by atoms with van der Waals surface area (Å²) in [5.74, 6) is 0.195. The zero-order valence-corrected chi connectivity index (χ0v) is 19.8. The van der Waals surface area contributed by atoms with Crippen LogP contribution in [0, 0.1) is 13.8 Å². The molecule has 1 amide bonds. The lowest BCUT2D eigenvalue weighted by Gasteiger charge is -2.30. The Morgan fingerprint density at radius 2 is 1.69 bits per heavy atom. The third kappa shape index (κ3) is 5.21. The molecule has 0 radical (unpaired) electrons. The Morgan fingerprint density at radius 1 is 0.969 bits per heavy atom. The molecule has 2 aromatic heterocycles. The molecule has 0 N–H and O–H groups in total. The highest BCUT2D eigenvalue weighted by Crippen LogP contribution is 2.26. The van der Waals surface area contributed by atoms with Gasteiger partial charge in [0.2, 0.25) is 5.91 Å². The number of fused-ring (bicyclic) bond motifs is 1. The Kier molecular flexibility index (Phi) is 7.26. The number of piperidine rings is 1. The summed E-state index contributed by atoms with van der Waals surface area (Å²) in [6.07, 6.45) is 7.34. The van der Waals surface area contributed by atoms with Crippen LogP contribution >= 0.6 is 0 Å². The normalized spacial score (nSPS) is 14.7. The van der Waals surface area contributed by atoms with Gasteiger partial charge in [-0.05, 0) is 57.8 Å². The van der Waals surface area contributed by atoms with Crippen molar-refractivity contribution in [3.63, 3.8) is 0 Å². The summed E-state index contributed by atoms with van der Waals surface area (Å²) >= 11 is 0. The lowest BCUT2D eigenvalue weighted by molar-refractivity contribution is -0.130. The second kappa shape index (κ2) is 10.3. The predicted octanol–water partition coefficient (Wildman–Crippen LogP) is 4.89. The number of pyridine rings is 1. The van der Waals surface area contributed by atoms with Crippen LogP contribution in [0.2, 0.25) is 0 Å². The molecule has 0 saturated carbocycles. The van der Waals surface area contributed by atoms with Crippen LogP contribution in [0.5, 0.6) is 0 Å². The molecule has 5 heteroatoms. The standard InChI is InChI=1S/C27H36N4O/c1-4-14-30(18-17-29-15-6-5-7-16-29)26(32)19-24-27(23-11-8-21(2)9-12-23)28-25-13-10-22(3)20-31(24)25/h8-13,20H,4-7,14-19H2,1-3H3. The third-order valence-electron chi connectivity index (χ3n) is 6.49. The molecule has 1 aliphatic heterocycles. The van der Waals surface area contributed by atoms with Gasteiger partial charge in [0.25, 0.3) is 0 Å². The summed E-state index contributed by atoms with van der Waals surface area (Å²) in [6, 6.07) is 12.6. The minimum Gasteiger partial charge on any atom is -0.341 e. The van der Waals surface area contributed by atoms with Crippen molar-refractivity contribution >= 4 is 11.6 Å². The average Bonchev–Trinajstić information content (AvgIpc) is 3.15. The minimum absolute atomic E-state index is 0.195. The molecule has 5 nitrogen and oxygen atoms in total. The van der Waals surface area contributed by atoms with E-state index < -0.39 is 0 Å². The van der Waals surface area contributed by atoms with Gasteiger partial charge < -0.3 is 14.2 Å². The Labute approximate surface area is 192 Å². The van der Waals surface area contributed by atoms with Gasteiger partial charge in [-0.25, -0.2) is 4.98 Å². The van der Waals surface area contributed by atoms with Crippen LogP contribution < -0.4 is 0 Å². The third-order valence-corrected chi connectivity index (χ3v) is 6.49. The van der Waals surface area contributed by atoms with Crippen LogP contribution in [0.3, 0.4) is 0 Å². The summed E-state index contributed by atoms with van der Waals surface area (Å²) in [7, 11) is 0. The fourth-order valence-corrected chi connectivity index (χ4v) is 4.64. The average molecular weight is 433 g/mol. The first-order valence-electron chi connectivity index (χ1n) is 12.1. The summed E-state index contributed by atoms with van der Waals surface area (Å²) in [4.78, 5) is 23.0. The molecule has 0 atom stereocenters. The van der Waals surface area contributed by atoms with E-state index in [4.69, 9.17) is 4.98 Å². The SMILES string of the molecule is CCCN(CCN1CCCCC1)C(=O)Cc1c(-c2ccc(C)cc2)nc2ccc(C)cn12. The van der Waals surface area contributed by atoms with Gasteiger partial charge in [0.1, 0.15) is 5.65 Å². The number of nitrogens with zero attached hydrogens (tertiary/aromatic N) is 4. The van der Waals surface area contributed by atoms with Gasteiger partial charge in [-0.1, -0.05) is 49.2 Å². The van der Waals surface area contributed by atoms with E-state index in [1.807, 2.05) is 6.07 Å². The molecular formula is C27H36N4O. The summed E-state index contributed by atoms with van der Waals surface area (Å²) in [5, 5.41) is 0. The van der Waals surface area contributed by atoms with E-state index in [9.17, 15) is 4.79 Å². The van der Waals surface area contributed by atoms with Crippen molar-refractivity contribution in [3.05, 3.63) is 59.4 Å². The first kappa shape index (κ1) is 22.5. The summed E-state index contributed by atoms with van der Waals surface area (Å²) < 4.78 is 2.11. The second-order valence-corrected chi connectivity index (χ2v) is 9.17. The number of carbonyl (C=O) groups is 1. The molecule has 1 fully saturated rings. The maximum absolute atomic E-state index is 13.5. The Balaban J connectivity index is 1.60. The van der Waals surface area contributed by atoms with E-state index in [0.717, 1.165) is 67.3 Å². The first-order chi connectivity index (χ1) is 15.5. The maximum atomic E-state index is 13.5. The van der Waals surface area contributed by atoms with Crippen LogP contribution in [-0.4, -0.2) is 57.8 Å². The molecule has 0 aliphatic carbocycles. The summed E-state index contributed by atoms with van der Waals surface area (Å²) in [5.41, 5.74) is 6.24. The molecule has 1 saturated heterocycles. The van der Waals surface area contributed by atoms with Gasteiger partial charge in [-0.15, -0.1) is 0 Å². The predicted molar refractivity (Wildman–Crippen MR) is 131 cm³/mol. The van der Waals surface area contributed by atoms with E-state index in [2.05, 4.69) is 71.5 Å². The zero-order chi connectivity index (χ0) is 22.5. The van der Waals surface area contributed by atoms with Crippen LogP contribution in [0.25, 0.3) is 16.9 Å². The fourth-order valence-electron chi connectivity index (χ4n) is 4.64. The van der Waals surface area contributed by atoms with Gasteiger partial charge in [0.15, 0.2) is 0 Å². The van der Waals surface area contributed by atoms with Crippen LogP contribution in [0.1, 0.15) is 49.4 Å². The van der Waals surface area contributed by atoms with Gasteiger partial charge in [0.05, 0.1) is 17.8 Å². The highest BCUT2D eigenvalue weighted by molar-refractivity contribution is 5.81. The topological polar surface area (TPSA) is 40.8 Å². The number of likely N-dealkylation sites (tertiary alicyclic amines) is 1. The van der Waals surface area contributed by atoms with Gasteiger partial charge >= 0.3 is 0 Å². The minimum atomic E-state index is 0.195. The van der Waals surface area contributed by atoms with Crippen LogP contribution in [0.15, 0.2) is 42.6 Å². The number of hydrogen-bond donors (Lipinski definition) is 0. The molecular weight excluding hydrogens is 396 g/mol. The largest absolute Gasteiger partial charge is 0.341 e. The van der Waals surface area contributed by atoms with Crippen molar-refractivity contribution in [2.45, 2.75) is 52.9 Å². The number of hydrogen-bond acceptors (Lipinski definition) is 3. The van der Waals surface area contributed by atoms with Crippen molar-refractivity contribution in [2.24, 2.45) is 0 Å². The van der Waals surface area contributed by atoms with Gasteiger partial charge in [-0.3, -0.25) is 4.79 Å². The molecule has 1 aliphatic rings. The van der Waals surface area contributed by atoms with Crippen molar-refractivity contribution in [3.8, 4) is 11.3 Å². The molecule has 0 bridgehead atoms. The monoisotopic (exact) mass is 432 g/mol. The molecule has 32 heavy (non-hydrogen) atoms. The van der Waals surface area contributed by atoms with Crippen LogP contribution in [-0.2, 0) is 11.2 Å². The van der Waals surface area contributed by atoms with Crippen LogP contribution in [0.4, 0.5) is 0 Å². The van der Waals surface area contributed by atoms with Crippen molar-refractivity contribution < 1.29 is 4.79 Å². The lowest BCUT2D eigenvalue weighted by Crippen LogP contribution is -2.41. The number of benzene rings is 1. The number of amides is 1. The van der Waals surface area contributed by atoms with E-state index in [0.29, 0.717) is 6.42 Å². The van der Waals surface area contributed by atoms with Gasteiger partial charge in [-0.2, -0.15) is 0 Å². The second-order valence-electron chi connectivity index (χ2n) is 9.17. The Morgan fingerprint density at radius 3 is 2.41 bits per heavy atom. The molecule has 3 heterocycles. The van der Waals surface area contributed by atoms with E-state index in [-0.39, 0.29) is 5.91 Å². The fraction of sp³-hybridized carbons (Fsp3) is 0.481. The number of carbonyl (C=O) groups excluding carboxylic acids is 1. The van der Waals surface area contributed by atoms with Crippen molar-refractivity contribution in [1.29, 1.82) is 0 Å². The zero-order valence-electron chi connectivity index (χ0n) is 19.8. The van der Waals surface area contributed by atoms with E-state index in [1.165, 1.54) is 24.8 Å². The van der Waals surface area contributed by atoms with E-state index in [1.54, 1.807) is 0 Å². The molecule has 3 aromatic rings. The van der Waals surface area contributed by atoms with E-state index >= 15 is 0 Å². The molecule has 0 unspecified atom stereocenters. The Hall–Kier alpha value is -2.66. The number of aryl methyl sites for hydroxylation is 2. The summed E-state index contributed by atoms with van der Waals surface area (Å²) in [6.45, 7) is 11.2. The number of imidazole rings is 1. The molecule has 4 rings (SSSR count). The highest BCUT2D eigenvalue weighted by atomic mass is 16.2. The molecule has 0 spiro atoms. The highest BCUT2D eigenvalue weighted by Gasteiger charge is 2.21. The smallest absolute Gasteiger partial charge is 0.228 e. The van der Waals surface area contributed by atoms with Gasteiger partial charge in [0, 0.05) is 31.4 Å². The lowest BCUT2D eigenvalue weighted by atomic mass is 10.1.